The fourth-order valence-electron chi connectivity index (χ4n) is 3.71. The zero-order chi connectivity index (χ0) is 24.2. The van der Waals surface area contributed by atoms with E-state index in [2.05, 4.69) is 10.2 Å². The molecule has 1 aromatic rings. The van der Waals surface area contributed by atoms with Crippen LogP contribution in [0.1, 0.15) is 58.3 Å². The molecular weight excluding hydrogens is 410 g/mol. The number of rotatable bonds is 5. The Bertz CT molecular complexity index is 849. The molecule has 178 valence electrons. The van der Waals surface area contributed by atoms with Crippen LogP contribution in [0.3, 0.4) is 0 Å². The minimum absolute atomic E-state index is 0.0811. The SMILES string of the molecule is CC(C)C(NC(=O)c1cc(N2CCCN(C(=O)OC(C)(C)C)C(C)C2)ccc1N)C(N)=O. The lowest BCUT2D eigenvalue weighted by Crippen LogP contribution is -2.47. The molecule has 9 nitrogen and oxygen atoms in total. The van der Waals surface area contributed by atoms with Crippen LogP contribution in [0.15, 0.2) is 18.2 Å². The third-order valence-corrected chi connectivity index (χ3v) is 5.38. The van der Waals surface area contributed by atoms with Crippen molar-refractivity contribution in [3.63, 3.8) is 0 Å². The predicted molar refractivity (Wildman–Crippen MR) is 125 cm³/mol. The van der Waals surface area contributed by atoms with Gasteiger partial charge in [0.25, 0.3) is 5.91 Å². The summed E-state index contributed by atoms with van der Waals surface area (Å²) in [5, 5.41) is 2.69. The Hall–Kier alpha value is -2.97. The number of primary amides is 1. The molecule has 1 aliphatic rings. The third kappa shape index (κ3) is 6.51. The molecule has 32 heavy (non-hydrogen) atoms. The molecule has 0 radical (unpaired) electrons. The van der Waals surface area contributed by atoms with Crippen LogP contribution in [0.5, 0.6) is 0 Å². The van der Waals surface area contributed by atoms with E-state index < -0.39 is 23.5 Å². The zero-order valence-electron chi connectivity index (χ0n) is 20.0. The number of carbonyl (C=O) groups excluding carboxylic acids is 3. The van der Waals surface area contributed by atoms with E-state index in [0.717, 1.165) is 12.1 Å². The molecule has 0 aliphatic carbocycles. The number of hydrogen-bond donors (Lipinski definition) is 3. The highest BCUT2D eigenvalue weighted by atomic mass is 16.6. The van der Waals surface area contributed by atoms with Gasteiger partial charge < -0.3 is 31.3 Å². The van der Waals surface area contributed by atoms with Crippen LogP contribution in [0, 0.1) is 5.92 Å². The molecular formula is C23H37N5O4. The monoisotopic (exact) mass is 447 g/mol. The van der Waals surface area contributed by atoms with E-state index in [0.29, 0.717) is 25.3 Å². The summed E-state index contributed by atoms with van der Waals surface area (Å²) in [4.78, 5) is 41.0. The lowest BCUT2D eigenvalue weighted by atomic mass is 10.0. The van der Waals surface area contributed by atoms with Gasteiger partial charge in [0.1, 0.15) is 11.6 Å². The quantitative estimate of drug-likeness (QED) is 0.594. The number of benzene rings is 1. The van der Waals surface area contributed by atoms with Crippen molar-refractivity contribution in [1.29, 1.82) is 0 Å². The summed E-state index contributed by atoms with van der Waals surface area (Å²) in [6, 6.07) is 4.39. The number of nitrogens with two attached hydrogens (primary N) is 2. The minimum atomic E-state index is -0.786. The average molecular weight is 448 g/mol. The van der Waals surface area contributed by atoms with Crippen molar-refractivity contribution in [1.82, 2.24) is 10.2 Å². The lowest BCUT2D eigenvalue weighted by Gasteiger charge is -2.32. The normalized spacial score (nSPS) is 18.2. The number of nitrogens with zero attached hydrogens (tertiary/aromatic N) is 2. The van der Waals surface area contributed by atoms with Crippen LogP contribution in [0.2, 0.25) is 0 Å². The van der Waals surface area contributed by atoms with Crippen molar-refractivity contribution in [3.8, 4) is 0 Å². The molecule has 3 amide bonds. The van der Waals surface area contributed by atoms with E-state index in [4.69, 9.17) is 16.2 Å². The highest BCUT2D eigenvalue weighted by Gasteiger charge is 2.30. The van der Waals surface area contributed by atoms with Crippen molar-refractivity contribution in [3.05, 3.63) is 23.8 Å². The Morgan fingerprint density at radius 1 is 1.19 bits per heavy atom. The molecule has 1 heterocycles. The summed E-state index contributed by atoms with van der Waals surface area (Å²) in [7, 11) is 0. The number of nitrogen functional groups attached to an aromatic ring is 1. The highest BCUT2D eigenvalue weighted by molar-refractivity contribution is 6.02. The van der Waals surface area contributed by atoms with Crippen LogP contribution >= 0.6 is 0 Å². The molecule has 5 N–H and O–H groups in total. The van der Waals surface area contributed by atoms with Crippen LogP contribution in [-0.4, -0.2) is 60.1 Å². The maximum absolute atomic E-state index is 12.8. The molecule has 0 saturated carbocycles. The number of carbonyl (C=O) groups is 3. The average Bonchev–Trinajstić information content (AvgIpc) is 2.86. The second-order valence-corrected chi connectivity index (χ2v) is 9.69. The molecule has 2 rings (SSSR count). The molecule has 2 atom stereocenters. The van der Waals surface area contributed by atoms with E-state index in [-0.39, 0.29) is 23.6 Å². The third-order valence-electron chi connectivity index (χ3n) is 5.38. The van der Waals surface area contributed by atoms with Gasteiger partial charge in [0.2, 0.25) is 5.91 Å². The first-order chi connectivity index (χ1) is 14.8. The standard InChI is InChI=1S/C23H37N5O4/c1-14(2)19(20(25)29)26-21(30)17-12-16(8-9-18(17)24)27-10-7-11-28(15(3)13-27)22(31)32-23(4,5)6/h8-9,12,14-15,19H,7,10-11,13,24H2,1-6H3,(H2,25,29)(H,26,30). The Balaban J connectivity index is 2.20. The Labute approximate surface area is 190 Å². The van der Waals surface area contributed by atoms with Gasteiger partial charge in [-0.1, -0.05) is 13.8 Å². The predicted octanol–water partition coefficient (Wildman–Crippen LogP) is 2.34. The van der Waals surface area contributed by atoms with Crippen LogP contribution in [0.4, 0.5) is 16.2 Å². The van der Waals surface area contributed by atoms with Gasteiger partial charge in [-0.15, -0.1) is 0 Å². The molecule has 1 aromatic carbocycles. The second-order valence-electron chi connectivity index (χ2n) is 9.69. The summed E-state index contributed by atoms with van der Waals surface area (Å²) < 4.78 is 5.55. The smallest absolute Gasteiger partial charge is 0.410 e. The number of nitrogens with one attached hydrogen (secondary N) is 1. The Morgan fingerprint density at radius 2 is 1.84 bits per heavy atom. The molecule has 0 spiro atoms. The van der Waals surface area contributed by atoms with Crippen LogP contribution < -0.4 is 21.7 Å². The van der Waals surface area contributed by atoms with E-state index in [1.165, 1.54) is 0 Å². The van der Waals surface area contributed by atoms with Gasteiger partial charge in [-0.2, -0.15) is 0 Å². The summed E-state index contributed by atoms with van der Waals surface area (Å²) in [5.74, 6) is -1.18. The van der Waals surface area contributed by atoms with Gasteiger partial charge in [-0.05, 0) is 58.2 Å². The molecule has 0 aromatic heterocycles. The van der Waals surface area contributed by atoms with Gasteiger partial charge in [0.05, 0.1) is 5.56 Å². The number of hydrogen-bond acceptors (Lipinski definition) is 6. The van der Waals surface area contributed by atoms with Crippen molar-refractivity contribution in [2.75, 3.05) is 30.3 Å². The van der Waals surface area contributed by atoms with Crippen molar-refractivity contribution >= 4 is 29.3 Å². The fourth-order valence-corrected chi connectivity index (χ4v) is 3.71. The van der Waals surface area contributed by atoms with E-state index >= 15 is 0 Å². The van der Waals surface area contributed by atoms with Crippen molar-refractivity contribution in [2.45, 2.75) is 65.6 Å². The van der Waals surface area contributed by atoms with Gasteiger partial charge in [-0.25, -0.2) is 4.79 Å². The van der Waals surface area contributed by atoms with E-state index in [1.807, 2.05) is 47.6 Å². The Morgan fingerprint density at radius 3 is 2.41 bits per heavy atom. The molecule has 1 saturated heterocycles. The first-order valence-electron chi connectivity index (χ1n) is 11.0. The second kappa shape index (κ2) is 10.1. The molecule has 2 unspecified atom stereocenters. The van der Waals surface area contributed by atoms with Gasteiger partial charge >= 0.3 is 6.09 Å². The van der Waals surface area contributed by atoms with Crippen molar-refractivity contribution in [2.24, 2.45) is 11.7 Å². The maximum Gasteiger partial charge on any atom is 0.410 e. The topological polar surface area (TPSA) is 131 Å². The number of ether oxygens (including phenoxy) is 1. The van der Waals surface area contributed by atoms with Crippen LogP contribution in [-0.2, 0) is 9.53 Å². The minimum Gasteiger partial charge on any atom is -0.444 e. The summed E-state index contributed by atoms with van der Waals surface area (Å²) >= 11 is 0. The lowest BCUT2D eigenvalue weighted by molar-refractivity contribution is -0.120. The van der Waals surface area contributed by atoms with Gasteiger partial charge in [-0.3, -0.25) is 9.59 Å². The summed E-state index contributed by atoms with van der Waals surface area (Å²) in [5.41, 5.74) is 12.4. The van der Waals surface area contributed by atoms with E-state index in [9.17, 15) is 14.4 Å². The van der Waals surface area contributed by atoms with E-state index in [1.54, 1.807) is 17.0 Å². The molecule has 1 aliphatic heterocycles. The Kier molecular flexibility index (Phi) is 7.98. The van der Waals surface area contributed by atoms with Gasteiger partial charge in [0.15, 0.2) is 0 Å². The molecule has 0 bridgehead atoms. The largest absolute Gasteiger partial charge is 0.444 e. The van der Waals surface area contributed by atoms with Crippen molar-refractivity contribution < 1.29 is 19.1 Å². The number of anilines is 2. The molecule has 9 heteroatoms. The zero-order valence-corrected chi connectivity index (χ0v) is 20.0. The number of amides is 3. The summed E-state index contributed by atoms with van der Waals surface area (Å²) in [6.45, 7) is 13.0. The maximum atomic E-state index is 12.8. The highest BCUT2D eigenvalue weighted by Crippen LogP contribution is 2.25. The first-order valence-corrected chi connectivity index (χ1v) is 11.0. The van der Waals surface area contributed by atoms with Gasteiger partial charge in [0, 0.05) is 37.1 Å². The first kappa shape index (κ1) is 25.3. The summed E-state index contributed by atoms with van der Waals surface area (Å²) in [6.07, 6.45) is 0.433. The fraction of sp³-hybridized carbons (Fsp3) is 0.609. The molecule has 1 fully saturated rings. The van der Waals surface area contributed by atoms with Crippen LogP contribution in [0.25, 0.3) is 0 Å².